The molecule has 0 radical (unpaired) electrons. The zero-order valence-corrected chi connectivity index (χ0v) is 14.5. The van der Waals surface area contributed by atoms with Crippen LogP contribution in [0.25, 0.3) is 0 Å². The Hall–Kier alpha value is -2.53. The average molecular weight is 343 g/mol. The maximum absolute atomic E-state index is 12.9. The van der Waals surface area contributed by atoms with E-state index in [0.29, 0.717) is 18.0 Å². The Bertz CT molecular complexity index is 794. The van der Waals surface area contributed by atoms with E-state index in [1.54, 1.807) is 60.7 Å². The van der Waals surface area contributed by atoms with E-state index >= 15 is 0 Å². The molecule has 4 nitrogen and oxygen atoms in total. The molecule has 0 aromatic heterocycles. The number of anilines is 1. The third-order valence-corrected chi connectivity index (χ3v) is 5.20. The molecule has 0 spiro atoms. The lowest BCUT2D eigenvalue weighted by atomic mass is 10.2. The molecule has 0 heterocycles. The second kappa shape index (κ2) is 7.84. The van der Waals surface area contributed by atoms with Crippen molar-refractivity contribution in [3.8, 4) is 5.75 Å². The van der Waals surface area contributed by atoms with Crippen molar-refractivity contribution in [3.05, 3.63) is 79.4 Å². The van der Waals surface area contributed by atoms with Crippen LogP contribution in [0.3, 0.4) is 0 Å². The molecule has 0 fully saturated rings. The van der Waals surface area contributed by atoms with E-state index < -0.39 is 10.0 Å². The van der Waals surface area contributed by atoms with E-state index in [9.17, 15) is 8.42 Å². The molecule has 0 aliphatic rings. The standard InChI is InChI=1S/C19H21NO3S/c1-4-14-20(17-8-10-18(11-9-17)23-15-5-2)24(21,22)19-12-6-16(3)7-13-19/h4-13H,1-2,14-15H2,3H3. The van der Waals surface area contributed by atoms with Crippen molar-refractivity contribution in [2.24, 2.45) is 0 Å². The minimum atomic E-state index is -3.66. The van der Waals surface area contributed by atoms with Gasteiger partial charge in [-0.25, -0.2) is 8.42 Å². The molecule has 0 aliphatic carbocycles. The average Bonchev–Trinajstić information content (AvgIpc) is 2.58. The van der Waals surface area contributed by atoms with Gasteiger partial charge in [0.2, 0.25) is 0 Å². The highest BCUT2D eigenvalue weighted by Crippen LogP contribution is 2.26. The Morgan fingerprint density at radius 1 is 1.00 bits per heavy atom. The van der Waals surface area contributed by atoms with Crippen LogP contribution in [0.2, 0.25) is 0 Å². The summed E-state index contributed by atoms with van der Waals surface area (Å²) in [4.78, 5) is 0.252. The molecule has 5 heteroatoms. The summed E-state index contributed by atoms with van der Waals surface area (Å²) >= 11 is 0. The Kier molecular flexibility index (Phi) is 5.82. The number of ether oxygens (including phenoxy) is 1. The number of nitrogens with zero attached hydrogens (tertiary/aromatic N) is 1. The molecule has 126 valence electrons. The Morgan fingerprint density at radius 2 is 1.62 bits per heavy atom. The number of hydrogen-bond donors (Lipinski definition) is 0. The molecule has 24 heavy (non-hydrogen) atoms. The molecule has 0 atom stereocenters. The molecule has 2 rings (SSSR count). The van der Waals surface area contributed by atoms with Crippen LogP contribution in [0.4, 0.5) is 5.69 Å². The van der Waals surface area contributed by atoms with Gasteiger partial charge in [-0.05, 0) is 43.3 Å². The van der Waals surface area contributed by atoms with Crippen molar-refractivity contribution in [2.75, 3.05) is 17.5 Å². The lowest BCUT2D eigenvalue weighted by molar-refractivity contribution is 0.363. The molecule has 2 aromatic rings. The molecule has 0 amide bonds. The smallest absolute Gasteiger partial charge is 0.264 e. The van der Waals surface area contributed by atoms with Crippen LogP contribution in [0, 0.1) is 6.92 Å². The molecule has 0 aliphatic heterocycles. The summed E-state index contributed by atoms with van der Waals surface area (Å²) in [5, 5.41) is 0. The zero-order valence-electron chi connectivity index (χ0n) is 13.7. The summed E-state index contributed by atoms with van der Waals surface area (Å²) in [6, 6.07) is 13.7. The van der Waals surface area contributed by atoms with Gasteiger partial charge in [-0.1, -0.05) is 36.4 Å². The van der Waals surface area contributed by atoms with Crippen molar-refractivity contribution in [3.63, 3.8) is 0 Å². The van der Waals surface area contributed by atoms with Gasteiger partial charge in [-0.2, -0.15) is 0 Å². The first-order chi connectivity index (χ1) is 11.5. The number of aryl methyl sites for hydroxylation is 1. The van der Waals surface area contributed by atoms with E-state index in [1.165, 1.54) is 4.31 Å². The van der Waals surface area contributed by atoms with Crippen LogP contribution in [0.5, 0.6) is 5.75 Å². The summed E-state index contributed by atoms with van der Waals surface area (Å²) in [6.45, 7) is 9.76. The number of sulfonamides is 1. The van der Waals surface area contributed by atoms with Gasteiger partial charge in [0.25, 0.3) is 10.0 Å². The molecule has 0 unspecified atom stereocenters. The zero-order chi connectivity index (χ0) is 17.6. The van der Waals surface area contributed by atoms with Crippen molar-refractivity contribution >= 4 is 15.7 Å². The fraction of sp³-hybridized carbons (Fsp3) is 0.158. The highest BCUT2D eigenvalue weighted by molar-refractivity contribution is 7.92. The summed E-state index contributed by atoms with van der Waals surface area (Å²) in [6.07, 6.45) is 3.22. The van der Waals surface area contributed by atoms with Gasteiger partial charge in [-0.15, -0.1) is 6.58 Å². The van der Waals surface area contributed by atoms with Gasteiger partial charge in [-0.3, -0.25) is 4.31 Å². The minimum Gasteiger partial charge on any atom is -0.490 e. The third-order valence-electron chi connectivity index (χ3n) is 3.40. The fourth-order valence-corrected chi connectivity index (χ4v) is 3.60. The van der Waals surface area contributed by atoms with Crippen LogP contribution >= 0.6 is 0 Å². The van der Waals surface area contributed by atoms with Crippen molar-refractivity contribution in [1.82, 2.24) is 0 Å². The van der Waals surface area contributed by atoms with Crippen LogP contribution in [-0.4, -0.2) is 21.6 Å². The van der Waals surface area contributed by atoms with Gasteiger partial charge in [0.15, 0.2) is 0 Å². The van der Waals surface area contributed by atoms with Crippen LogP contribution < -0.4 is 9.04 Å². The SMILES string of the molecule is C=CCOc1ccc(N(CC=C)S(=O)(=O)c2ccc(C)cc2)cc1. The summed E-state index contributed by atoms with van der Waals surface area (Å²) in [5.41, 5.74) is 1.56. The van der Waals surface area contributed by atoms with Crippen LogP contribution in [-0.2, 0) is 10.0 Å². The van der Waals surface area contributed by atoms with Gasteiger partial charge < -0.3 is 4.74 Å². The number of rotatable bonds is 8. The Labute approximate surface area is 143 Å². The van der Waals surface area contributed by atoms with Crippen molar-refractivity contribution < 1.29 is 13.2 Å². The van der Waals surface area contributed by atoms with Crippen molar-refractivity contribution in [2.45, 2.75) is 11.8 Å². The van der Waals surface area contributed by atoms with Crippen LogP contribution in [0.15, 0.2) is 78.7 Å². The van der Waals surface area contributed by atoms with Gasteiger partial charge in [0.05, 0.1) is 17.1 Å². The van der Waals surface area contributed by atoms with E-state index in [4.69, 9.17) is 4.74 Å². The maximum atomic E-state index is 12.9. The topological polar surface area (TPSA) is 46.6 Å². The quantitative estimate of drug-likeness (QED) is 0.682. The van der Waals surface area contributed by atoms with Crippen molar-refractivity contribution in [1.29, 1.82) is 0 Å². The van der Waals surface area contributed by atoms with E-state index in [2.05, 4.69) is 13.2 Å². The molecule has 0 saturated heterocycles. The highest BCUT2D eigenvalue weighted by Gasteiger charge is 2.23. The summed E-state index contributed by atoms with van der Waals surface area (Å²) in [7, 11) is -3.66. The monoisotopic (exact) mass is 343 g/mol. The summed E-state index contributed by atoms with van der Waals surface area (Å²) in [5.74, 6) is 0.657. The molecular weight excluding hydrogens is 322 g/mol. The molecule has 0 bridgehead atoms. The predicted molar refractivity (Wildman–Crippen MR) is 98.0 cm³/mol. The van der Waals surface area contributed by atoms with E-state index in [-0.39, 0.29) is 11.4 Å². The van der Waals surface area contributed by atoms with E-state index in [1.807, 2.05) is 6.92 Å². The van der Waals surface area contributed by atoms with Gasteiger partial charge in [0.1, 0.15) is 12.4 Å². The summed E-state index contributed by atoms with van der Waals surface area (Å²) < 4.78 is 32.6. The first kappa shape index (κ1) is 17.8. The second-order valence-electron chi connectivity index (χ2n) is 5.23. The molecule has 0 saturated carbocycles. The third kappa shape index (κ3) is 4.06. The number of benzene rings is 2. The Balaban J connectivity index is 2.35. The molecule has 0 N–H and O–H groups in total. The van der Waals surface area contributed by atoms with Crippen LogP contribution in [0.1, 0.15) is 5.56 Å². The fourth-order valence-electron chi connectivity index (χ4n) is 2.16. The second-order valence-corrected chi connectivity index (χ2v) is 7.09. The highest BCUT2D eigenvalue weighted by atomic mass is 32.2. The number of hydrogen-bond acceptors (Lipinski definition) is 3. The minimum absolute atomic E-state index is 0.184. The lowest BCUT2D eigenvalue weighted by Crippen LogP contribution is -2.31. The largest absolute Gasteiger partial charge is 0.490 e. The molecule has 2 aromatic carbocycles. The predicted octanol–water partition coefficient (Wildman–Crippen LogP) is 3.94. The molecular formula is C19H21NO3S. The van der Waals surface area contributed by atoms with Gasteiger partial charge >= 0.3 is 0 Å². The maximum Gasteiger partial charge on any atom is 0.264 e. The van der Waals surface area contributed by atoms with Gasteiger partial charge in [0, 0.05) is 0 Å². The normalized spacial score (nSPS) is 10.9. The lowest BCUT2D eigenvalue weighted by Gasteiger charge is -2.23. The first-order valence-electron chi connectivity index (χ1n) is 7.53. The Morgan fingerprint density at radius 3 is 2.17 bits per heavy atom. The first-order valence-corrected chi connectivity index (χ1v) is 8.97. The van der Waals surface area contributed by atoms with E-state index in [0.717, 1.165) is 5.56 Å².